The molecule has 21 heteroatoms. The molecule has 2 unspecified atom stereocenters. The smallest absolute Gasteiger partial charge is 0.387 e. The zero-order valence-corrected chi connectivity index (χ0v) is 20.0. The maximum absolute atomic E-state index is 11.9. The average molecular weight is 551 g/mol. The average Bonchev–Trinajstić information content (AvgIpc) is 3.19. The van der Waals surface area contributed by atoms with E-state index < -0.39 is 60.1 Å². The van der Waals surface area contributed by atoms with Gasteiger partial charge in [-0.15, -0.1) is 0 Å². The summed E-state index contributed by atoms with van der Waals surface area (Å²) in [6.07, 6.45) is -3.00. The number of hydrogen-bond acceptors (Lipinski definition) is 13. The maximum atomic E-state index is 11.9. The lowest BCUT2D eigenvalue weighted by atomic mass is 10.1. The zero-order valence-electron chi connectivity index (χ0n) is 16.5. The van der Waals surface area contributed by atoms with Gasteiger partial charge in [0, 0.05) is 0 Å². The molecule has 6 atom stereocenters. The Kier molecular flexibility index (Phi) is 7.74. The first kappa shape index (κ1) is 26.6. The number of fused-ring (bicyclic) bond motifs is 1. The van der Waals surface area contributed by atoms with Gasteiger partial charge in [0.25, 0.3) is 0 Å². The summed E-state index contributed by atoms with van der Waals surface area (Å²) in [6.45, 7) is -0.905. The lowest BCUT2D eigenvalue weighted by Gasteiger charge is -2.19. The minimum absolute atomic E-state index is 0.0677. The number of phosphoric ester groups is 1. The fourth-order valence-electron chi connectivity index (χ4n) is 2.90. The fourth-order valence-corrected chi connectivity index (χ4v) is 7.62. The van der Waals surface area contributed by atoms with Crippen molar-refractivity contribution in [2.24, 2.45) is 0 Å². The molecule has 3 heterocycles. The van der Waals surface area contributed by atoms with Crippen LogP contribution in [0.5, 0.6) is 0 Å². The Bertz CT molecular complexity index is 1170. The van der Waals surface area contributed by atoms with E-state index in [1.807, 2.05) is 0 Å². The van der Waals surface area contributed by atoms with Gasteiger partial charge in [-0.25, -0.2) is 23.8 Å². The summed E-state index contributed by atoms with van der Waals surface area (Å²) in [7, 11) is -15.6. The number of nitrogens with zero attached hydrogens (tertiary/aromatic N) is 4. The first-order chi connectivity index (χ1) is 15.1. The van der Waals surface area contributed by atoms with E-state index in [2.05, 4.69) is 23.8 Å². The molecule has 0 amide bonds. The lowest BCUT2D eigenvalue weighted by Crippen LogP contribution is -2.33. The van der Waals surface area contributed by atoms with Crippen molar-refractivity contribution >= 4 is 51.8 Å². The molecule has 2 aromatic rings. The van der Waals surface area contributed by atoms with Gasteiger partial charge in [0.15, 0.2) is 28.8 Å². The molecular formula is C12H20N5O12P3S. The van der Waals surface area contributed by atoms with Gasteiger partial charge in [-0.3, -0.25) is 18.2 Å². The first-order valence-corrected chi connectivity index (χ1v) is 15.0. The Balaban J connectivity index is 1.73. The second-order valence-electron chi connectivity index (χ2n) is 6.76. The van der Waals surface area contributed by atoms with E-state index in [0.29, 0.717) is 5.16 Å². The van der Waals surface area contributed by atoms with Crippen LogP contribution in [0.2, 0.25) is 0 Å². The van der Waals surface area contributed by atoms with Crippen LogP contribution in [0.25, 0.3) is 11.2 Å². The van der Waals surface area contributed by atoms with Crippen LogP contribution in [0.1, 0.15) is 6.23 Å². The molecule has 0 aromatic carbocycles. The van der Waals surface area contributed by atoms with Crippen LogP contribution in [0, 0.1) is 0 Å². The van der Waals surface area contributed by atoms with Gasteiger partial charge in [0.05, 0.1) is 12.9 Å². The number of aromatic nitrogens is 4. The number of phosphoric acid groups is 1. The second-order valence-corrected chi connectivity index (χ2v) is 13.1. The molecule has 0 spiro atoms. The van der Waals surface area contributed by atoms with E-state index in [4.69, 9.17) is 20.3 Å². The molecule has 33 heavy (non-hydrogen) atoms. The van der Waals surface area contributed by atoms with Gasteiger partial charge in [0.2, 0.25) is 0 Å². The molecule has 0 radical (unpaired) electrons. The number of anilines is 1. The highest BCUT2D eigenvalue weighted by molar-refractivity contribution is 7.98. The molecule has 186 valence electrons. The zero-order chi connectivity index (χ0) is 24.8. The molecule has 8 N–H and O–H groups in total. The highest BCUT2D eigenvalue weighted by atomic mass is 32.2. The topological polar surface area (TPSA) is 270 Å². The summed E-state index contributed by atoms with van der Waals surface area (Å²) >= 11 is 1.19. The van der Waals surface area contributed by atoms with Gasteiger partial charge < -0.3 is 40.3 Å². The van der Waals surface area contributed by atoms with E-state index in [-0.39, 0.29) is 17.0 Å². The van der Waals surface area contributed by atoms with Crippen LogP contribution in [-0.4, -0.2) is 86.4 Å². The number of ether oxygens (including phenoxy) is 1. The van der Waals surface area contributed by atoms with Crippen LogP contribution in [-0.2, 0) is 27.3 Å². The summed E-state index contributed by atoms with van der Waals surface area (Å²) in [5.41, 5.74) is 6.22. The van der Waals surface area contributed by atoms with Crippen molar-refractivity contribution in [3.8, 4) is 0 Å². The summed E-state index contributed by atoms with van der Waals surface area (Å²) in [4.78, 5) is 48.8. The maximum Gasteiger partial charge on any atom is 0.479 e. The van der Waals surface area contributed by atoms with E-state index in [1.165, 1.54) is 22.7 Å². The van der Waals surface area contributed by atoms with Crippen LogP contribution in [0.4, 0.5) is 5.82 Å². The molecule has 0 saturated carbocycles. The largest absolute Gasteiger partial charge is 0.479 e. The second kappa shape index (κ2) is 9.59. The normalized spacial score (nSPS) is 27.5. The molecule has 1 aliphatic heterocycles. The van der Waals surface area contributed by atoms with E-state index in [0.717, 1.165) is 0 Å². The van der Waals surface area contributed by atoms with Crippen molar-refractivity contribution < 1.29 is 57.1 Å². The summed E-state index contributed by atoms with van der Waals surface area (Å²) in [5.74, 6) is -1.65. The first-order valence-electron chi connectivity index (χ1n) is 8.73. The number of aliphatic hydroxyl groups excluding tert-OH is 2. The number of imidazole rings is 1. The third kappa shape index (κ3) is 6.38. The molecule has 1 saturated heterocycles. The fraction of sp³-hybridized carbons (Fsp3) is 0.583. The van der Waals surface area contributed by atoms with Gasteiger partial charge in [0.1, 0.15) is 23.8 Å². The predicted molar refractivity (Wildman–Crippen MR) is 111 cm³/mol. The Hall–Kier alpha value is -0.970. The van der Waals surface area contributed by atoms with Crippen molar-refractivity contribution in [3.63, 3.8) is 0 Å². The predicted octanol–water partition coefficient (Wildman–Crippen LogP) is -0.796. The number of aliphatic hydroxyl groups is 2. The minimum atomic E-state index is -5.32. The van der Waals surface area contributed by atoms with Crippen molar-refractivity contribution in [1.82, 2.24) is 19.5 Å². The highest BCUT2D eigenvalue weighted by Crippen LogP contribution is 2.65. The summed E-state index contributed by atoms with van der Waals surface area (Å²) in [6, 6.07) is 0. The van der Waals surface area contributed by atoms with Crippen LogP contribution < -0.4 is 5.73 Å². The number of hydrogen-bond donors (Lipinski definition) is 7. The quantitative estimate of drug-likeness (QED) is 0.114. The molecule has 2 aromatic heterocycles. The van der Waals surface area contributed by atoms with E-state index in [1.54, 1.807) is 6.26 Å². The molecule has 0 aliphatic carbocycles. The third-order valence-corrected chi connectivity index (χ3v) is 9.99. The molecule has 17 nitrogen and oxygen atoms in total. The van der Waals surface area contributed by atoms with Crippen LogP contribution >= 0.6 is 34.8 Å². The Morgan fingerprint density at radius 1 is 1.18 bits per heavy atom. The molecule has 0 bridgehead atoms. The summed E-state index contributed by atoms with van der Waals surface area (Å²) < 4.78 is 49.7. The molecule has 1 fully saturated rings. The number of rotatable bonds is 9. The summed E-state index contributed by atoms with van der Waals surface area (Å²) in [5, 5.41) is 21.0. The molecule has 1 aliphatic rings. The number of thioether (sulfide) groups is 1. The Labute approximate surface area is 189 Å². The Morgan fingerprint density at radius 3 is 2.45 bits per heavy atom. The van der Waals surface area contributed by atoms with Crippen LogP contribution in [0.3, 0.4) is 0 Å². The van der Waals surface area contributed by atoms with E-state index >= 15 is 0 Å². The van der Waals surface area contributed by atoms with Crippen molar-refractivity contribution in [2.45, 2.75) is 29.7 Å². The van der Waals surface area contributed by atoms with Crippen LogP contribution in [0.15, 0.2) is 11.5 Å². The van der Waals surface area contributed by atoms with Gasteiger partial charge in [-0.05, 0) is 6.26 Å². The van der Waals surface area contributed by atoms with Gasteiger partial charge in [-0.1, -0.05) is 11.8 Å². The van der Waals surface area contributed by atoms with Crippen molar-refractivity contribution in [1.29, 1.82) is 0 Å². The number of nitrogens with two attached hydrogens (primary N) is 1. The van der Waals surface area contributed by atoms with Gasteiger partial charge in [-0.2, -0.15) is 0 Å². The highest BCUT2D eigenvalue weighted by Gasteiger charge is 2.46. The Morgan fingerprint density at radius 2 is 1.85 bits per heavy atom. The molecule has 3 rings (SSSR count). The van der Waals surface area contributed by atoms with Crippen molar-refractivity contribution in [2.75, 3.05) is 24.5 Å². The minimum Gasteiger partial charge on any atom is -0.387 e. The molecular weight excluding hydrogens is 531 g/mol. The lowest BCUT2D eigenvalue weighted by molar-refractivity contribution is -0.0502. The number of nitrogen functional groups attached to an aromatic ring is 1. The monoisotopic (exact) mass is 551 g/mol. The van der Waals surface area contributed by atoms with Crippen molar-refractivity contribution in [3.05, 3.63) is 6.33 Å². The third-order valence-electron chi connectivity index (χ3n) is 4.22. The van der Waals surface area contributed by atoms with Gasteiger partial charge >= 0.3 is 23.0 Å². The standard InChI is InChI=1S/C12H20N5O12P3S/c1-33-12-15-9(13)6-10(16-12)17(3-14-6)11-8(19)7(18)5(28-11)2-27-32(25,26)29-31(23,24)4-30(20,21)22/h3,5,7-8,11,18-19H,2,4H2,1H3,(H,23,24)(H,25,26)(H2,13,15,16)(H2,20,21,22)/t5-,7-,8-,11-/m1/s1. The van der Waals surface area contributed by atoms with E-state index in [9.17, 15) is 33.7 Å². The SMILES string of the molecule is CSc1nc(N)c2ncn([C@@H]3O[C@H](COP(=O)(O)OP(=O)(O)CP(=O)(O)O)[C@@H](O)[C@H]3O)c2n1.